The second-order valence-electron chi connectivity index (χ2n) is 2.02. The van der Waals surface area contributed by atoms with E-state index in [1.807, 2.05) is 0 Å². The predicted molar refractivity (Wildman–Crippen MR) is 36.9 cm³/mol. The molecule has 0 fully saturated rings. The van der Waals surface area contributed by atoms with Gasteiger partial charge in [-0.05, 0) is 0 Å². The summed E-state index contributed by atoms with van der Waals surface area (Å²) in [7, 11) is 0. The quantitative estimate of drug-likeness (QED) is 0.674. The molecule has 0 spiro atoms. The van der Waals surface area contributed by atoms with Gasteiger partial charge in [0, 0.05) is 0 Å². The van der Waals surface area contributed by atoms with Crippen LogP contribution in [0.15, 0.2) is 0 Å². The van der Waals surface area contributed by atoms with E-state index in [1.54, 1.807) is 0 Å². The third kappa shape index (κ3) is 4.05. The minimum atomic E-state index is -1.32. The first-order valence-corrected chi connectivity index (χ1v) is 4.81. The number of carbonyl (C=O) groups excluding carboxylic acids is 3. The number of carbonyl (C=O) groups is 3. The summed E-state index contributed by atoms with van der Waals surface area (Å²) in [5, 5.41) is 0.109. The molecule has 0 bridgehead atoms. The summed E-state index contributed by atoms with van der Waals surface area (Å²) in [6, 6.07) is 0. The molecule has 0 aliphatic rings. The average Bonchev–Trinajstić information content (AvgIpc) is 1.81. The van der Waals surface area contributed by atoms with Crippen molar-refractivity contribution >= 4 is 15.2 Å². The topological polar surface area (TPSA) is 51.2 Å². The summed E-state index contributed by atoms with van der Waals surface area (Å²) in [6.07, 6.45) is 0. The van der Waals surface area contributed by atoms with Gasteiger partial charge in [0.1, 0.15) is 0 Å². The molecule has 0 amide bonds. The van der Waals surface area contributed by atoms with Crippen LogP contribution in [-0.2, 0) is 28.0 Å². The van der Waals surface area contributed by atoms with Crippen LogP contribution in [0.2, 0.25) is 5.36 Å². The van der Waals surface area contributed by atoms with Crippen molar-refractivity contribution in [1.82, 2.24) is 0 Å². The summed E-state index contributed by atoms with van der Waals surface area (Å²) < 4.78 is -0.333. The Balaban J connectivity index is 4.23. The maximum atomic E-state index is 10.8. The normalized spacial score (nSPS) is 10.6. The number of ketones is 1. The monoisotopic (exact) mass is 202 g/mol. The van der Waals surface area contributed by atoms with E-state index in [-0.39, 0.29) is 20.6 Å². The first kappa shape index (κ1) is 10.5. The van der Waals surface area contributed by atoms with Gasteiger partial charge in [-0.2, -0.15) is 0 Å². The molecule has 3 nitrogen and oxygen atoms in total. The molecule has 0 saturated heterocycles. The van der Waals surface area contributed by atoms with Crippen LogP contribution in [0.3, 0.4) is 0 Å². The van der Waals surface area contributed by atoms with Crippen LogP contribution in [0.4, 0.5) is 0 Å². The minimum absolute atomic E-state index is 0.0969. The van der Waals surface area contributed by atoms with Gasteiger partial charge in [0.2, 0.25) is 0 Å². The molecule has 0 heterocycles. The van der Waals surface area contributed by atoms with Crippen molar-refractivity contribution < 1.29 is 28.0 Å². The Morgan fingerprint density at radius 1 is 1.00 bits per heavy atom. The van der Waals surface area contributed by atoms with E-state index >= 15 is 0 Å². The molecule has 0 atom stereocenters. The number of Topliss-reactive ketones (excluding diaryl/α,β-unsaturated/α-hetero) is 1. The van der Waals surface area contributed by atoms with Gasteiger partial charge in [-0.15, -0.1) is 0 Å². The second-order valence-corrected chi connectivity index (χ2v) is 4.85. The van der Waals surface area contributed by atoms with Crippen molar-refractivity contribution in [1.29, 1.82) is 0 Å². The average molecular weight is 202 g/mol. The maximum absolute atomic E-state index is 10.8. The molecule has 4 heteroatoms. The van der Waals surface area contributed by atoms with Gasteiger partial charge in [-0.1, -0.05) is 0 Å². The van der Waals surface area contributed by atoms with E-state index in [9.17, 15) is 14.4 Å². The third-order valence-electron chi connectivity index (χ3n) is 0.850. The zero-order valence-electron chi connectivity index (χ0n) is 6.77. The Morgan fingerprint density at radius 3 is 1.45 bits per heavy atom. The van der Waals surface area contributed by atoms with Gasteiger partial charge >= 0.3 is 69.4 Å². The number of hydrogen-bond acceptors (Lipinski definition) is 3. The van der Waals surface area contributed by atoms with Gasteiger partial charge in [0.25, 0.3) is 0 Å². The second kappa shape index (κ2) is 4.41. The van der Waals surface area contributed by atoms with Crippen LogP contribution in [0, 0.1) is 0 Å². The van der Waals surface area contributed by atoms with Crippen LogP contribution in [0.5, 0.6) is 0 Å². The Bertz CT molecular complexity index is 184. The molecule has 0 radical (unpaired) electrons. The van der Waals surface area contributed by atoms with E-state index < -0.39 is 13.7 Å². The first-order valence-electron chi connectivity index (χ1n) is 3.03. The van der Waals surface area contributed by atoms with Crippen LogP contribution < -0.4 is 0 Å². The molecular weight excluding hydrogens is 191 g/mol. The van der Waals surface area contributed by atoms with Crippen LogP contribution in [-0.4, -0.2) is 15.2 Å². The molecule has 0 aliphatic heterocycles. The van der Waals surface area contributed by atoms with Gasteiger partial charge in [-0.3, -0.25) is 0 Å². The fourth-order valence-corrected chi connectivity index (χ4v) is 2.05. The molecule has 0 aromatic rings. The molecule has 66 valence electrons. The molecule has 0 aromatic carbocycles. The Morgan fingerprint density at radius 2 is 1.36 bits per heavy atom. The summed E-state index contributed by atoms with van der Waals surface area (Å²) in [5.74, 6) is -0.0969. The summed E-state index contributed by atoms with van der Waals surface area (Å²) in [6.45, 7) is 4.10. The Kier molecular flexibility index (Phi) is 4.21. The molecule has 0 saturated carbocycles. The standard InChI is InChI=1S/C3H5O.2C2H3O.Co/c1-3(2)4;2*1-2-3;/h1H2,2H3;2*1H3;. The van der Waals surface area contributed by atoms with Crippen molar-refractivity contribution in [2.75, 3.05) is 0 Å². The van der Waals surface area contributed by atoms with E-state index in [0.29, 0.717) is 0 Å². The van der Waals surface area contributed by atoms with Gasteiger partial charge in [-0.25, -0.2) is 0 Å². The van der Waals surface area contributed by atoms with Crippen molar-refractivity contribution in [3.63, 3.8) is 0 Å². The Labute approximate surface area is 69.9 Å². The van der Waals surface area contributed by atoms with E-state index in [2.05, 4.69) is 0 Å². The fraction of sp³-hybridized carbons (Fsp3) is 0.571. The van der Waals surface area contributed by atoms with Crippen molar-refractivity contribution in [2.24, 2.45) is 0 Å². The van der Waals surface area contributed by atoms with Crippen LogP contribution in [0.1, 0.15) is 20.8 Å². The molecule has 11 heavy (non-hydrogen) atoms. The number of hydrogen-bond donors (Lipinski definition) is 0. The van der Waals surface area contributed by atoms with Crippen molar-refractivity contribution in [2.45, 2.75) is 26.1 Å². The summed E-state index contributed by atoms with van der Waals surface area (Å²) >= 11 is -1.32. The molecule has 0 aliphatic carbocycles. The fourth-order valence-electron chi connectivity index (χ4n) is 0.497. The SMILES string of the molecule is CC(=O)[CH2][Co]([C](C)=O)[C](C)=O. The van der Waals surface area contributed by atoms with Gasteiger partial charge < -0.3 is 0 Å². The molecule has 0 rings (SSSR count). The van der Waals surface area contributed by atoms with Crippen LogP contribution in [0.25, 0.3) is 0 Å². The summed E-state index contributed by atoms with van der Waals surface area (Å²) in [5.41, 5.74) is 0. The van der Waals surface area contributed by atoms with E-state index in [0.717, 1.165) is 0 Å². The summed E-state index contributed by atoms with van der Waals surface area (Å²) in [4.78, 5) is 32.1. The molecule has 0 unspecified atom stereocenters. The number of rotatable bonds is 4. The molecule has 0 N–H and O–H groups in total. The molecular formula is C7H11CoO3. The molecule has 0 aromatic heterocycles. The van der Waals surface area contributed by atoms with E-state index in [4.69, 9.17) is 0 Å². The zero-order chi connectivity index (χ0) is 9.02. The predicted octanol–water partition coefficient (Wildman–Crippen LogP) is 0.705. The van der Waals surface area contributed by atoms with Gasteiger partial charge in [0.15, 0.2) is 0 Å². The zero-order valence-corrected chi connectivity index (χ0v) is 7.81. The van der Waals surface area contributed by atoms with Gasteiger partial charge in [0.05, 0.1) is 0 Å². The van der Waals surface area contributed by atoms with Crippen molar-refractivity contribution in [3.05, 3.63) is 0 Å². The first-order chi connectivity index (χ1) is 4.95. The Hall–Kier alpha value is -0.484. The van der Waals surface area contributed by atoms with E-state index in [1.165, 1.54) is 20.8 Å². The van der Waals surface area contributed by atoms with Crippen molar-refractivity contribution in [3.8, 4) is 0 Å². The third-order valence-corrected chi connectivity index (χ3v) is 3.51. The van der Waals surface area contributed by atoms with Crippen LogP contribution >= 0.6 is 0 Å².